The average Bonchev–Trinajstić information content (AvgIpc) is 3.75. The first-order valence-corrected chi connectivity index (χ1v) is 15.1. The second-order valence-corrected chi connectivity index (χ2v) is 11.6. The number of aryl methyl sites for hydroxylation is 1. The molecule has 6 rings (SSSR count). The molecule has 1 unspecified atom stereocenters. The zero-order valence-corrected chi connectivity index (χ0v) is 24.6. The van der Waals surface area contributed by atoms with Gasteiger partial charge in [0.2, 0.25) is 0 Å². The topological polar surface area (TPSA) is 64.3 Å². The number of benzene rings is 2. The van der Waals surface area contributed by atoms with Gasteiger partial charge in [-0.05, 0) is 112 Å². The van der Waals surface area contributed by atoms with Gasteiger partial charge in [0.1, 0.15) is 6.29 Å². The van der Waals surface area contributed by atoms with Gasteiger partial charge >= 0.3 is 0 Å². The van der Waals surface area contributed by atoms with Gasteiger partial charge in [0.25, 0.3) is 0 Å². The second kappa shape index (κ2) is 14.4. The number of hydrogen-bond donors (Lipinski definition) is 2. The summed E-state index contributed by atoms with van der Waals surface area (Å²) in [6, 6.07) is 16.7. The van der Waals surface area contributed by atoms with Crippen LogP contribution in [0.3, 0.4) is 0 Å². The Kier molecular flexibility index (Phi) is 10.7. The first kappa shape index (κ1) is 29.0. The van der Waals surface area contributed by atoms with Crippen molar-refractivity contribution in [3.63, 3.8) is 0 Å². The predicted octanol–water partition coefficient (Wildman–Crippen LogP) is 7.01. The van der Waals surface area contributed by atoms with E-state index in [0.717, 1.165) is 58.7 Å². The molecule has 2 saturated heterocycles. The van der Waals surface area contributed by atoms with Crippen LogP contribution in [0.25, 0.3) is 22.2 Å². The largest absolute Gasteiger partial charge is 0.388 e. The number of hydrogen-bond acceptors (Lipinski definition) is 6. The summed E-state index contributed by atoms with van der Waals surface area (Å²) in [7, 11) is 4.12. The third-order valence-corrected chi connectivity index (χ3v) is 8.43. The normalized spacial score (nSPS) is 17.1. The number of thiophene rings is 1. The molecule has 208 valence electrons. The van der Waals surface area contributed by atoms with Crippen molar-refractivity contribution in [1.82, 2.24) is 20.0 Å². The maximum atomic E-state index is 11.0. The van der Waals surface area contributed by atoms with E-state index in [-0.39, 0.29) is 6.04 Å². The molecule has 4 heterocycles. The molecule has 2 N–H and O–H groups in total. The molecular formula is C32H43N5OS. The maximum absolute atomic E-state index is 11.0. The van der Waals surface area contributed by atoms with Crippen LogP contribution in [0.1, 0.15) is 49.8 Å². The lowest BCUT2D eigenvalue weighted by atomic mass is 10.00. The summed E-state index contributed by atoms with van der Waals surface area (Å²) in [6.07, 6.45) is 6.32. The van der Waals surface area contributed by atoms with E-state index >= 15 is 0 Å². The van der Waals surface area contributed by atoms with E-state index in [1.807, 2.05) is 30.6 Å². The van der Waals surface area contributed by atoms with Gasteiger partial charge in [0.15, 0.2) is 0 Å². The molecule has 1 atom stereocenters. The summed E-state index contributed by atoms with van der Waals surface area (Å²) in [5, 5.41) is 15.9. The van der Waals surface area contributed by atoms with E-state index in [4.69, 9.17) is 0 Å². The smallest absolute Gasteiger partial charge is 0.141 e. The summed E-state index contributed by atoms with van der Waals surface area (Å²) in [6.45, 7) is 9.18. The van der Waals surface area contributed by atoms with Crippen LogP contribution in [-0.2, 0) is 4.79 Å². The highest BCUT2D eigenvalue weighted by molar-refractivity contribution is 7.08. The summed E-state index contributed by atoms with van der Waals surface area (Å²) in [5.41, 5.74) is 6.71. The van der Waals surface area contributed by atoms with Gasteiger partial charge in [0, 0.05) is 23.7 Å². The third-order valence-electron chi connectivity index (χ3n) is 7.73. The van der Waals surface area contributed by atoms with E-state index in [1.165, 1.54) is 44.3 Å². The van der Waals surface area contributed by atoms with Crippen molar-refractivity contribution in [3.8, 4) is 11.3 Å². The van der Waals surface area contributed by atoms with Crippen molar-refractivity contribution in [3.05, 3.63) is 70.4 Å². The number of anilines is 1. The minimum absolute atomic E-state index is 0.00810. The van der Waals surface area contributed by atoms with E-state index in [2.05, 4.69) is 81.9 Å². The number of likely N-dealkylation sites (tertiary alicyclic amines) is 2. The monoisotopic (exact) mass is 545 g/mol. The van der Waals surface area contributed by atoms with Crippen molar-refractivity contribution >= 4 is 34.2 Å². The van der Waals surface area contributed by atoms with Gasteiger partial charge in [-0.2, -0.15) is 16.4 Å². The standard InChI is InChI=1S/C15H15N3.C10H13NOS.C7H15N/c1-10-3-5-11(6-4-10)15-13-9-12(16-2)7-8-14(13)17-18-15;12-7-10(9-3-6-13-8-9)11-4-1-2-5-11;1-7-3-5-8(2)6-4-7/h3-9,16H,1-2H3,(H,17,18);3,6-8,10H,1-2,4-5H2;7H,3-6H2,1-2H3. The summed E-state index contributed by atoms with van der Waals surface area (Å²) >= 11 is 1.66. The van der Waals surface area contributed by atoms with Gasteiger partial charge in [-0.3, -0.25) is 10.00 Å². The average molecular weight is 546 g/mol. The molecule has 6 nitrogen and oxygen atoms in total. The number of aromatic amines is 1. The summed E-state index contributed by atoms with van der Waals surface area (Å²) < 4.78 is 0. The lowest BCUT2D eigenvalue weighted by molar-refractivity contribution is -0.112. The van der Waals surface area contributed by atoms with Crippen molar-refractivity contribution in [2.45, 2.75) is 45.6 Å². The molecule has 0 spiro atoms. The molecule has 2 aromatic heterocycles. The molecule has 2 aliphatic heterocycles. The van der Waals surface area contributed by atoms with Gasteiger partial charge in [-0.1, -0.05) is 36.8 Å². The molecule has 0 saturated carbocycles. The molecule has 0 bridgehead atoms. The van der Waals surface area contributed by atoms with Crippen LogP contribution in [0.5, 0.6) is 0 Å². The van der Waals surface area contributed by atoms with E-state index in [1.54, 1.807) is 11.3 Å². The predicted molar refractivity (Wildman–Crippen MR) is 166 cm³/mol. The van der Waals surface area contributed by atoms with Crippen LogP contribution < -0.4 is 5.32 Å². The molecule has 2 fully saturated rings. The van der Waals surface area contributed by atoms with Gasteiger partial charge in [-0.15, -0.1) is 0 Å². The van der Waals surface area contributed by atoms with Crippen molar-refractivity contribution in [1.29, 1.82) is 0 Å². The molecule has 7 heteroatoms. The number of rotatable bonds is 5. The number of carbonyl (C=O) groups is 1. The molecule has 2 aliphatic rings. The summed E-state index contributed by atoms with van der Waals surface area (Å²) in [5.74, 6) is 0.978. The summed E-state index contributed by atoms with van der Waals surface area (Å²) in [4.78, 5) is 15.6. The lowest BCUT2D eigenvalue weighted by Crippen LogP contribution is -2.28. The molecule has 39 heavy (non-hydrogen) atoms. The molecule has 0 amide bonds. The van der Waals surface area contributed by atoms with Crippen molar-refractivity contribution < 1.29 is 4.79 Å². The first-order chi connectivity index (χ1) is 19.0. The van der Waals surface area contributed by atoms with Crippen LogP contribution in [0.4, 0.5) is 5.69 Å². The minimum atomic E-state index is 0.00810. The lowest BCUT2D eigenvalue weighted by Gasteiger charge is -2.26. The highest BCUT2D eigenvalue weighted by Gasteiger charge is 2.22. The number of nitrogens with zero attached hydrogens (tertiary/aromatic N) is 3. The SMILES string of the molecule is CC1CCN(C)CC1.CNc1ccc2[nH]nc(-c3ccc(C)cc3)c2c1.O=CC(c1ccsc1)N1CCCC1. The van der Waals surface area contributed by atoms with Gasteiger partial charge < -0.3 is 15.0 Å². The number of H-pyrrole nitrogens is 1. The number of aldehydes is 1. The number of aromatic nitrogens is 2. The fraction of sp³-hybridized carbons (Fsp3) is 0.438. The quantitative estimate of drug-likeness (QED) is 0.264. The highest BCUT2D eigenvalue weighted by atomic mass is 32.1. The van der Waals surface area contributed by atoms with Crippen LogP contribution in [0, 0.1) is 12.8 Å². The molecule has 0 aliphatic carbocycles. The van der Waals surface area contributed by atoms with Gasteiger partial charge in [0.05, 0.1) is 17.3 Å². The van der Waals surface area contributed by atoms with Crippen LogP contribution in [-0.4, -0.2) is 66.6 Å². The molecule has 2 aromatic carbocycles. The first-order valence-electron chi connectivity index (χ1n) is 14.1. The molecule has 4 aromatic rings. The molecular weight excluding hydrogens is 502 g/mol. The third kappa shape index (κ3) is 8.01. The fourth-order valence-corrected chi connectivity index (χ4v) is 5.77. The van der Waals surface area contributed by atoms with Gasteiger partial charge in [-0.25, -0.2) is 0 Å². The van der Waals surface area contributed by atoms with Crippen molar-refractivity contribution in [2.75, 3.05) is 45.6 Å². The Labute approximate surface area is 237 Å². The van der Waals surface area contributed by atoms with Crippen LogP contribution in [0.2, 0.25) is 0 Å². The van der Waals surface area contributed by atoms with E-state index in [9.17, 15) is 4.79 Å². The number of fused-ring (bicyclic) bond motifs is 1. The Hall–Kier alpha value is -3.00. The minimum Gasteiger partial charge on any atom is -0.388 e. The van der Waals surface area contributed by atoms with Crippen LogP contribution >= 0.6 is 11.3 Å². The van der Waals surface area contributed by atoms with Crippen LogP contribution in [0.15, 0.2) is 59.3 Å². The number of piperidine rings is 1. The number of nitrogens with one attached hydrogen (secondary N) is 2. The Morgan fingerprint density at radius 2 is 1.77 bits per heavy atom. The van der Waals surface area contributed by atoms with Crippen molar-refractivity contribution in [2.24, 2.45) is 5.92 Å². The Morgan fingerprint density at radius 3 is 2.36 bits per heavy atom. The van der Waals surface area contributed by atoms with E-state index in [0.29, 0.717) is 0 Å². The Balaban J connectivity index is 0.000000147. The fourth-order valence-electron chi connectivity index (χ4n) is 5.08. The Morgan fingerprint density at radius 1 is 1.05 bits per heavy atom. The van der Waals surface area contributed by atoms with E-state index < -0.39 is 0 Å². The zero-order chi connectivity index (χ0) is 27.6. The Bertz CT molecular complexity index is 1260. The second-order valence-electron chi connectivity index (χ2n) is 10.8. The highest BCUT2D eigenvalue weighted by Crippen LogP contribution is 2.28. The molecule has 0 radical (unpaired) electrons. The zero-order valence-electron chi connectivity index (χ0n) is 23.8. The number of carbonyl (C=O) groups excluding carboxylic acids is 1. The maximum Gasteiger partial charge on any atom is 0.141 e.